The van der Waals surface area contributed by atoms with E-state index in [9.17, 15) is 18.0 Å². The van der Waals surface area contributed by atoms with Gasteiger partial charge in [-0.2, -0.15) is 0 Å². The van der Waals surface area contributed by atoms with Gasteiger partial charge in [-0.15, -0.1) is 0 Å². The zero-order valence-corrected chi connectivity index (χ0v) is 15.1. The highest BCUT2D eigenvalue weighted by Crippen LogP contribution is 2.25. The number of nitrogens with one attached hydrogen (secondary N) is 3. The Morgan fingerprint density at radius 2 is 2.04 bits per heavy atom. The first kappa shape index (κ1) is 18.8. The van der Waals surface area contributed by atoms with Gasteiger partial charge in [-0.05, 0) is 23.8 Å². The van der Waals surface area contributed by atoms with Crippen LogP contribution in [0.2, 0.25) is 0 Å². The van der Waals surface area contributed by atoms with Gasteiger partial charge in [0, 0.05) is 31.9 Å². The fourth-order valence-electron chi connectivity index (χ4n) is 2.86. The van der Waals surface area contributed by atoms with Crippen molar-refractivity contribution in [2.45, 2.75) is 11.3 Å². The van der Waals surface area contributed by atoms with Gasteiger partial charge in [-0.1, -0.05) is 0 Å². The number of anilines is 1. The topological polar surface area (TPSA) is 117 Å². The van der Waals surface area contributed by atoms with Gasteiger partial charge in [0.05, 0.1) is 31.1 Å². The average molecular weight is 382 g/mol. The molecule has 1 aromatic rings. The van der Waals surface area contributed by atoms with Crippen LogP contribution in [-0.2, 0) is 30.8 Å². The number of hydrogen-bond acceptors (Lipinski definition) is 6. The Bertz CT molecular complexity index is 790. The third-order valence-electron chi connectivity index (χ3n) is 4.29. The Kier molecular flexibility index (Phi) is 5.87. The molecule has 3 N–H and O–H groups in total. The van der Waals surface area contributed by atoms with E-state index in [1.165, 1.54) is 12.1 Å². The first-order valence-corrected chi connectivity index (χ1v) is 9.91. The predicted octanol–water partition coefficient (Wildman–Crippen LogP) is -1.09. The van der Waals surface area contributed by atoms with Crippen molar-refractivity contribution in [2.24, 2.45) is 0 Å². The van der Waals surface area contributed by atoms with E-state index in [-0.39, 0.29) is 29.7 Å². The maximum atomic E-state index is 12.3. The van der Waals surface area contributed by atoms with Crippen molar-refractivity contribution in [2.75, 3.05) is 51.3 Å². The van der Waals surface area contributed by atoms with Gasteiger partial charge < -0.3 is 15.4 Å². The molecule has 2 heterocycles. The number of amides is 2. The Labute approximate surface area is 152 Å². The van der Waals surface area contributed by atoms with E-state index < -0.39 is 10.0 Å². The number of hydrogen-bond donors (Lipinski definition) is 3. The van der Waals surface area contributed by atoms with Gasteiger partial charge in [-0.25, -0.2) is 13.1 Å². The summed E-state index contributed by atoms with van der Waals surface area (Å²) in [6, 6.07) is 4.41. The van der Waals surface area contributed by atoms with Crippen molar-refractivity contribution in [3.63, 3.8) is 0 Å². The molecule has 10 heteroatoms. The van der Waals surface area contributed by atoms with Crippen LogP contribution in [0.5, 0.6) is 0 Å². The number of carbonyl (C=O) groups is 2. The fourth-order valence-corrected chi connectivity index (χ4v) is 3.89. The van der Waals surface area contributed by atoms with E-state index in [1.54, 1.807) is 6.07 Å². The summed E-state index contributed by atoms with van der Waals surface area (Å²) in [5.74, 6) is -0.554. The number of benzene rings is 1. The molecule has 3 rings (SSSR count). The number of nitrogens with zero attached hydrogens (tertiary/aromatic N) is 1. The number of rotatable bonds is 7. The summed E-state index contributed by atoms with van der Waals surface area (Å²) in [6.45, 7) is 3.86. The summed E-state index contributed by atoms with van der Waals surface area (Å²) >= 11 is 0. The number of carbonyl (C=O) groups excluding carboxylic acids is 2. The Morgan fingerprint density at radius 3 is 2.81 bits per heavy atom. The molecule has 0 aliphatic carbocycles. The van der Waals surface area contributed by atoms with Crippen LogP contribution in [0.1, 0.15) is 5.56 Å². The highest BCUT2D eigenvalue weighted by molar-refractivity contribution is 7.89. The monoisotopic (exact) mass is 382 g/mol. The van der Waals surface area contributed by atoms with Crippen LogP contribution < -0.4 is 15.4 Å². The normalized spacial score (nSPS) is 17.6. The maximum Gasteiger partial charge on any atom is 0.241 e. The Morgan fingerprint density at radius 1 is 1.27 bits per heavy atom. The second-order valence-corrected chi connectivity index (χ2v) is 7.94. The van der Waals surface area contributed by atoms with E-state index in [0.29, 0.717) is 37.6 Å². The smallest absolute Gasteiger partial charge is 0.241 e. The average Bonchev–Trinajstić information content (AvgIpc) is 3.00. The van der Waals surface area contributed by atoms with Gasteiger partial charge >= 0.3 is 0 Å². The van der Waals surface area contributed by atoms with Crippen LogP contribution in [0, 0.1) is 0 Å². The molecule has 0 aromatic heterocycles. The van der Waals surface area contributed by atoms with Gasteiger partial charge in [0.1, 0.15) is 0 Å². The minimum absolute atomic E-state index is 0.0360. The summed E-state index contributed by atoms with van der Waals surface area (Å²) in [4.78, 5) is 25.4. The van der Waals surface area contributed by atoms with Crippen LogP contribution in [-0.4, -0.2) is 71.1 Å². The van der Waals surface area contributed by atoms with Crippen molar-refractivity contribution in [3.8, 4) is 0 Å². The van der Waals surface area contributed by atoms with Gasteiger partial charge in [0.15, 0.2) is 0 Å². The van der Waals surface area contributed by atoms with Crippen LogP contribution in [0.25, 0.3) is 0 Å². The first-order chi connectivity index (χ1) is 12.4. The first-order valence-electron chi connectivity index (χ1n) is 8.43. The lowest BCUT2D eigenvalue weighted by molar-refractivity contribution is -0.120. The van der Waals surface area contributed by atoms with Crippen molar-refractivity contribution < 1.29 is 22.7 Å². The summed E-state index contributed by atoms with van der Waals surface area (Å²) in [6.07, 6.45) is 0.153. The van der Waals surface area contributed by atoms with E-state index in [2.05, 4.69) is 20.3 Å². The van der Waals surface area contributed by atoms with Crippen molar-refractivity contribution in [1.29, 1.82) is 0 Å². The lowest BCUT2D eigenvalue weighted by Gasteiger charge is -2.26. The van der Waals surface area contributed by atoms with Crippen molar-refractivity contribution in [1.82, 2.24) is 14.9 Å². The van der Waals surface area contributed by atoms with Crippen LogP contribution in [0.15, 0.2) is 23.1 Å². The van der Waals surface area contributed by atoms with E-state index >= 15 is 0 Å². The summed E-state index contributed by atoms with van der Waals surface area (Å²) in [7, 11) is -3.82. The molecule has 1 aromatic carbocycles. The zero-order valence-electron chi connectivity index (χ0n) is 14.3. The lowest BCUT2D eigenvalue weighted by atomic mass is 10.2. The van der Waals surface area contributed by atoms with Crippen LogP contribution in [0.3, 0.4) is 0 Å². The predicted molar refractivity (Wildman–Crippen MR) is 94.2 cm³/mol. The molecular formula is C16H22N4O5S. The molecule has 2 aliphatic rings. The molecule has 2 amide bonds. The Balaban J connectivity index is 1.46. The quantitative estimate of drug-likeness (QED) is 0.552. The van der Waals surface area contributed by atoms with Gasteiger partial charge in [0.2, 0.25) is 21.8 Å². The third kappa shape index (κ3) is 4.79. The molecule has 0 radical (unpaired) electrons. The standard InChI is InChI=1S/C16H22N4O5S/c21-15-10-12-9-13(1-2-14(12)19-15)26(23,24)18-11-16(22)17-3-4-20-5-7-25-8-6-20/h1-2,9,18H,3-8,10-11H2,(H,17,22)(H,19,21). The highest BCUT2D eigenvalue weighted by Gasteiger charge is 2.22. The molecule has 0 unspecified atom stereocenters. The fraction of sp³-hybridized carbons (Fsp3) is 0.500. The number of morpholine rings is 1. The third-order valence-corrected chi connectivity index (χ3v) is 5.69. The molecule has 2 aliphatic heterocycles. The van der Waals surface area contributed by atoms with E-state index in [4.69, 9.17) is 4.74 Å². The summed E-state index contributed by atoms with van der Waals surface area (Å²) in [5.41, 5.74) is 1.25. The molecule has 9 nitrogen and oxygen atoms in total. The number of fused-ring (bicyclic) bond motifs is 1. The van der Waals surface area contributed by atoms with E-state index in [0.717, 1.165) is 13.1 Å². The summed E-state index contributed by atoms with van der Waals surface area (Å²) in [5, 5.41) is 5.34. The maximum absolute atomic E-state index is 12.3. The van der Waals surface area contributed by atoms with Crippen molar-refractivity contribution in [3.05, 3.63) is 23.8 Å². The summed E-state index contributed by atoms with van der Waals surface area (Å²) < 4.78 is 32.2. The SMILES string of the molecule is O=C(CNS(=O)(=O)c1ccc2c(c1)CC(=O)N2)NCCN1CCOCC1. The molecule has 142 valence electrons. The van der Waals surface area contributed by atoms with Crippen molar-refractivity contribution >= 4 is 27.5 Å². The Hall–Kier alpha value is -2.01. The molecule has 0 bridgehead atoms. The largest absolute Gasteiger partial charge is 0.379 e. The molecule has 0 atom stereocenters. The van der Waals surface area contributed by atoms with Crippen LogP contribution in [0.4, 0.5) is 5.69 Å². The molecule has 1 fully saturated rings. The van der Waals surface area contributed by atoms with Gasteiger partial charge in [0.25, 0.3) is 0 Å². The highest BCUT2D eigenvalue weighted by atomic mass is 32.2. The minimum atomic E-state index is -3.82. The van der Waals surface area contributed by atoms with Crippen LogP contribution >= 0.6 is 0 Å². The molecule has 0 spiro atoms. The van der Waals surface area contributed by atoms with E-state index in [1.807, 2.05) is 0 Å². The molecular weight excluding hydrogens is 360 g/mol. The second kappa shape index (κ2) is 8.12. The molecule has 26 heavy (non-hydrogen) atoms. The lowest BCUT2D eigenvalue weighted by Crippen LogP contribution is -2.43. The zero-order chi connectivity index (χ0) is 18.6. The van der Waals surface area contributed by atoms with Gasteiger partial charge in [-0.3, -0.25) is 14.5 Å². The minimum Gasteiger partial charge on any atom is -0.379 e. The second-order valence-electron chi connectivity index (χ2n) is 6.17. The number of sulfonamides is 1. The number of ether oxygens (including phenoxy) is 1. The molecule has 0 saturated carbocycles. The molecule has 1 saturated heterocycles.